The van der Waals surface area contributed by atoms with Gasteiger partial charge in [0.25, 0.3) is 0 Å². The molecule has 35 heavy (non-hydrogen) atoms. The number of carbonyl (C=O) groups excluding carboxylic acids is 2. The molecule has 10 heteroatoms. The highest BCUT2D eigenvalue weighted by atomic mass is 35.5. The zero-order valence-electron chi connectivity index (χ0n) is 21.5. The summed E-state index contributed by atoms with van der Waals surface area (Å²) in [5.41, 5.74) is 0. The summed E-state index contributed by atoms with van der Waals surface area (Å²) in [7, 11) is 0. The molecular formula is C25H41ClN6O2S. The van der Waals surface area contributed by atoms with Crippen molar-refractivity contribution < 1.29 is 9.59 Å². The number of anilines is 1. The highest BCUT2D eigenvalue weighted by Crippen LogP contribution is 2.24. The number of hydrogen-bond acceptors (Lipinski definition) is 7. The Balaban J connectivity index is 1.43. The molecule has 0 bridgehead atoms. The first-order valence-electron chi connectivity index (χ1n) is 13.1. The van der Waals surface area contributed by atoms with Gasteiger partial charge >= 0.3 is 0 Å². The van der Waals surface area contributed by atoms with Crippen LogP contribution < -0.4 is 10.2 Å². The van der Waals surface area contributed by atoms with E-state index in [1.807, 2.05) is 4.90 Å². The Kier molecular flexibility index (Phi) is 11.4. The van der Waals surface area contributed by atoms with E-state index < -0.39 is 0 Å². The summed E-state index contributed by atoms with van der Waals surface area (Å²) in [5, 5.41) is 3.88. The molecule has 8 nitrogen and oxygen atoms in total. The number of thioether (sulfide) groups is 1. The number of nitrogens with zero attached hydrogens (tertiary/aromatic N) is 5. The van der Waals surface area contributed by atoms with Crippen molar-refractivity contribution >= 4 is 41.0 Å². The third-order valence-electron chi connectivity index (χ3n) is 6.89. The number of nitrogens with one attached hydrogen (secondary N) is 1. The van der Waals surface area contributed by atoms with Gasteiger partial charge in [0.2, 0.25) is 11.8 Å². The van der Waals surface area contributed by atoms with Crippen LogP contribution in [0.5, 0.6) is 0 Å². The molecule has 1 N–H and O–H groups in total. The smallest absolute Gasteiger partial charge is 0.230 e. The maximum atomic E-state index is 12.5. The molecular weight excluding hydrogens is 484 g/mol. The molecule has 2 fully saturated rings. The van der Waals surface area contributed by atoms with E-state index in [0.29, 0.717) is 49.0 Å². The van der Waals surface area contributed by atoms with Crippen molar-refractivity contribution in [1.29, 1.82) is 0 Å². The number of rotatable bonds is 11. The van der Waals surface area contributed by atoms with E-state index in [4.69, 9.17) is 11.6 Å². The zero-order valence-corrected chi connectivity index (χ0v) is 23.0. The molecule has 2 unspecified atom stereocenters. The van der Waals surface area contributed by atoms with E-state index in [9.17, 15) is 9.59 Å². The van der Waals surface area contributed by atoms with Gasteiger partial charge in [-0.25, -0.2) is 9.97 Å². The molecule has 2 amide bonds. The van der Waals surface area contributed by atoms with Crippen LogP contribution in [-0.2, 0) is 9.59 Å². The van der Waals surface area contributed by atoms with Gasteiger partial charge in [-0.05, 0) is 46.1 Å². The van der Waals surface area contributed by atoms with Gasteiger partial charge in [-0.3, -0.25) is 9.59 Å². The molecule has 2 atom stereocenters. The van der Waals surface area contributed by atoms with E-state index in [1.165, 1.54) is 37.6 Å². The van der Waals surface area contributed by atoms with Crippen molar-refractivity contribution in [3.63, 3.8) is 0 Å². The van der Waals surface area contributed by atoms with Gasteiger partial charge in [0, 0.05) is 57.3 Å². The summed E-state index contributed by atoms with van der Waals surface area (Å²) < 4.78 is 0. The normalized spacial score (nSPS) is 21.3. The van der Waals surface area contributed by atoms with Crippen molar-refractivity contribution in [3.8, 4) is 0 Å². The highest BCUT2D eigenvalue weighted by Gasteiger charge is 2.28. The van der Waals surface area contributed by atoms with Crippen LogP contribution in [0.1, 0.15) is 65.7 Å². The molecule has 0 spiro atoms. The van der Waals surface area contributed by atoms with Gasteiger partial charge in [-0.1, -0.05) is 43.1 Å². The molecule has 2 saturated heterocycles. The molecule has 3 rings (SSSR count). The molecule has 0 radical (unpaired) electrons. The molecule has 1 aromatic rings. The van der Waals surface area contributed by atoms with Crippen molar-refractivity contribution in [3.05, 3.63) is 11.2 Å². The first-order valence-corrected chi connectivity index (χ1v) is 14.5. The molecule has 0 aromatic carbocycles. The fraction of sp³-hybridized carbons (Fsp3) is 0.760. The Hall–Kier alpha value is -1.58. The van der Waals surface area contributed by atoms with Crippen LogP contribution in [0, 0.1) is 0 Å². The number of piperidine rings is 1. The molecule has 0 aliphatic carbocycles. The lowest BCUT2D eigenvalue weighted by Crippen LogP contribution is -2.54. The highest BCUT2D eigenvalue weighted by molar-refractivity contribution is 7.99. The predicted molar refractivity (Wildman–Crippen MR) is 143 cm³/mol. The number of piperazine rings is 1. The Labute approximate surface area is 219 Å². The van der Waals surface area contributed by atoms with Gasteiger partial charge in [-0.2, -0.15) is 0 Å². The number of aromatic nitrogens is 2. The average molecular weight is 525 g/mol. The average Bonchev–Trinajstić information content (AvgIpc) is 2.84. The topological polar surface area (TPSA) is 81.7 Å². The number of unbranched alkanes of at least 4 members (excludes halogenated alkanes) is 1. The first-order chi connectivity index (χ1) is 16.9. The van der Waals surface area contributed by atoms with Gasteiger partial charge in [-0.15, -0.1) is 0 Å². The Morgan fingerprint density at radius 2 is 1.97 bits per heavy atom. The van der Waals surface area contributed by atoms with Crippen molar-refractivity contribution in [2.75, 3.05) is 49.9 Å². The van der Waals surface area contributed by atoms with Crippen molar-refractivity contribution in [2.45, 2.75) is 83.0 Å². The summed E-state index contributed by atoms with van der Waals surface area (Å²) >= 11 is 7.59. The second-order valence-electron chi connectivity index (χ2n) is 9.69. The number of amides is 2. The third kappa shape index (κ3) is 8.79. The van der Waals surface area contributed by atoms with E-state index in [-0.39, 0.29) is 23.6 Å². The van der Waals surface area contributed by atoms with Crippen LogP contribution >= 0.6 is 23.4 Å². The summed E-state index contributed by atoms with van der Waals surface area (Å²) in [4.78, 5) is 40.4. The number of carbonyl (C=O) groups is 2. The monoisotopic (exact) mass is 524 g/mol. The molecule has 2 aliphatic rings. The van der Waals surface area contributed by atoms with Gasteiger partial charge in [0.15, 0.2) is 5.16 Å². The summed E-state index contributed by atoms with van der Waals surface area (Å²) in [6.07, 6.45) is 7.41. The minimum atomic E-state index is -0.0142. The van der Waals surface area contributed by atoms with Gasteiger partial charge < -0.3 is 20.0 Å². The van der Waals surface area contributed by atoms with Crippen LogP contribution in [0.25, 0.3) is 0 Å². The Morgan fingerprint density at radius 3 is 2.71 bits per heavy atom. The largest absolute Gasteiger partial charge is 0.355 e. The second kappa shape index (κ2) is 14.2. The number of likely N-dealkylation sites (tertiary alicyclic amines) is 1. The maximum absolute atomic E-state index is 12.5. The Morgan fingerprint density at radius 1 is 1.14 bits per heavy atom. The van der Waals surface area contributed by atoms with Gasteiger partial charge in [0.1, 0.15) is 11.0 Å². The van der Waals surface area contributed by atoms with E-state index in [1.54, 1.807) is 6.07 Å². The molecule has 3 heterocycles. The van der Waals surface area contributed by atoms with Crippen molar-refractivity contribution in [1.82, 2.24) is 25.1 Å². The number of halogens is 1. The fourth-order valence-corrected chi connectivity index (χ4v) is 5.71. The summed E-state index contributed by atoms with van der Waals surface area (Å²) in [6.45, 7) is 11.4. The van der Waals surface area contributed by atoms with Crippen LogP contribution in [0.3, 0.4) is 0 Å². The van der Waals surface area contributed by atoms with Crippen LogP contribution in [-0.4, -0.2) is 88.7 Å². The second-order valence-corrected chi connectivity index (χ2v) is 11.0. The molecule has 0 saturated carbocycles. The van der Waals surface area contributed by atoms with E-state index in [2.05, 4.69) is 45.9 Å². The predicted octanol–water partition coefficient (Wildman–Crippen LogP) is 3.83. The van der Waals surface area contributed by atoms with Crippen molar-refractivity contribution in [2.24, 2.45) is 0 Å². The molecule has 2 aliphatic heterocycles. The zero-order chi connectivity index (χ0) is 25.2. The maximum Gasteiger partial charge on any atom is 0.230 e. The quantitative estimate of drug-likeness (QED) is 0.204. The minimum absolute atomic E-state index is 0.0142. The first kappa shape index (κ1) is 28.0. The lowest BCUT2D eigenvalue weighted by molar-refractivity contribution is -0.133. The van der Waals surface area contributed by atoms with Crippen LogP contribution in [0.15, 0.2) is 11.2 Å². The molecule has 196 valence electrons. The van der Waals surface area contributed by atoms with E-state index in [0.717, 1.165) is 31.6 Å². The standard InChI is InChI=1S/C25H41ClN6O2S/c1-4-5-10-24(34)32-15-14-31(17-20(32)3)22-16-21(26)28-25(29-22)35-18-23(33)27-11-8-13-30-12-7-6-9-19(30)2/h16,19-20H,4-15,17-18H2,1-3H3,(H,27,33). The fourth-order valence-electron chi connectivity index (χ4n) is 4.80. The minimum Gasteiger partial charge on any atom is -0.355 e. The Bertz CT molecular complexity index is 844. The lowest BCUT2D eigenvalue weighted by atomic mass is 10.0. The van der Waals surface area contributed by atoms with Crippen LogP contribution in [0.2, 0.25) is 5.15 Å². The summed E-state index contributed by atoms with van der Waals surface area (Å²) in [6, 6.07) is 2.52. The summed E-state index contributed by atoms with van der Waals surface area (Å²) in [5.74, 6) is 1.22. The SMILES string of the molecule is CCCCC(=O)N1CCN(c2cc(Cl)nc(SCC(=O)NCCCN3CCCCC3C)n2)CC1C. The third-order valence-corrected chi connectivity index (χ3v) is 7.94. The lowest BCUT2D eigenvalue weighted by Gasteiger charge is -2.40. The molecule has 1 aromatic heterocycles. The van der Waals surface area contributed by atoms with E-state index >= 15 is 0 Å². The van der Waals surface area contributed by atoms with Crippen LogP contribution in [0.4, 0.5) is 5.82 Å². The number of hydrogen-bond donors (Lipinski definition) is 1. The van der Waals surface area contributed by atoms with Gasteiger partial charge in [0.05, 0.1) is 5.75 Å².